The first kappa shape index (κ1) is 17.4. The number of hydrogen-bond donors (Lipinski definition) is 1. The van der Waals surface area contributed by atoms with Gasteiger partial charge >= 0.3 is 0 Å². The Balaban J connectivity index is 0.00000200. The lowest BCUT2D eigenvalue weighted by Gasteiger charge is -2.34. The van der Waals surface area contributed by atoms with Gasteiger partial charge in [0.2, 0.25) is 0 Å². The average molecular weight is 301 g/mol. The Labute approximate surface area is 127 Å². The molecule has 0 bridgehead atoms. The minimum absolute atomic E-state index is 0. The molecule has 0 aromatic heterocycles. The summed E-state index contributed by atoms with van der Waals surface area (Å²) in [7, 11) is 0. The van der Waals surface area contributed by atoms with Crippen LogP contribution in [0.1, 0.15) is 37.8 Å². The third kappa shape index (κ3) is 4.18. The van der Waals surface area contributed by atoms with Gasteiger partial charge in [0.25, 0.3) is 0 Å². The van der Waals surface area contributed by atoms with Crippen molar-refractivity contribution in [2.45, 2.75) is 45.7 Å². The van der Waals surface area contributed by atoms with E-state index in [1.807, 2.05) is 6.07 Å². The molecular weight excluding hydrogens is 275 g/mol. The number of benzene rings is 1. The van der Waals surface area contributed by atoms with Gasteiger partial charge in [0.1, 0.15) is 5.82 Å². The fraction of sp³-hybridized carbons (Fsp3) is 0.625. The van der Waals surface area contributed by atoms with Crippen LogP contribution in [0.4, 0.5) is 4.39 Å². The van der Waals surface area contributed by atoms with Gasteiger partial charge in [-0.1, -0.05) is 19.1 Å². The number of piperidine rings is 1. The van der Waals surface area contributed by atoms with E-state index < -0.39 is 0 Å². The molecule has 0 saturated carbocycles. The van der Waals surface area contributed by atoms with Gasteiger partial charge in [-0.25, -0.2) is 4.39 Å². The number of hydrogen-bond acceptors (Lipinski definition) is 2. The first-order valence-corrected chi connectivity index (χ1v) is 7.36. The molecule has 1 fully saturated rings. The van der Waals surface area contributed by atoms with Crippen LogP contribution in [0.15, 0.2) is 18.2 Å². The molecule has 4 heteroatoms. The Morgan fingerprint density at radius 1 is 1.35 bits per heavy atom. The summed E-state index contributed by atoms with van der Waals surface area (Å²) in [6.45, 7) is 6.97. The molecule has 1 aliphatic rings. The van der Waals surface area contributed by atoms with Crippen LogP contribution < -0.4 is 5.73 Å². The Kier molecular flexibility index (Phi) is 6.93. The summed E-state index contributed by atoms with van der Waals surface area (Å²) in [5.41, 5.74) is 7.97. The van der Waals surface area contributed by atoms with Crippen molar-refractivity contribution in [2.75, 3.05) is 13.1 Å². The quantitative estimate of drug-likeness (QED) is 0.924. The topological polar surface area (TPSA) is 29.3 Å². The van der Waals surface area contributed by atoms with Gasteiger partial charge in [0.15, 0.2) is 0 Å². The SMILES string of the molecule is CCc1cccc(F)c1CN1CCC(C(C)N)CC1.Cl. The van der Waals surface area contributed by atoms with Crippen LogP contribution >= 0.6 is 12.4 Å². The Bertz CT molecular complexity index is 415. The minimum atomic E-state index is -0.0614. The van der Waals surface area contributed by atoms with E-state index in [0.717, 1.165) is 50.0 Å². The zero-order valence-electron chi connectivity index (χ0n) is 12.4. The lowest BCUT2D eigenvalue weighted by Crippen LogP contribution is -2.39. The molecule has 2 rings (SSSR count). The third-order valence-electron chi connectivity index (χ3n) is 4.35. The zero-order valence-corrected chi connectivity index (χ0v) is 13.3. The average Bonchev–Trinajstić information content (AvgIpc) is 2.41. The van der Waals surface area contributed by atoms with Crippen molar-refractivity contribution >= 4 is 12.4 Å². The molecule has 1 unspecified atom stereocenters. The summed E-state index contributed by atoms with van der Waals surface area (Å²) in [4.78, 5) is 2.36. The van der Waals surface area contributed by atoms with Crippen LogP contribution in [-0.4, -0.2) is 24.0 Å². The second kappa shape index (κ2) is 7.96. The molecule has 1 aliphatic heterocycles. The summed E-state index contributed by atoms with van der Waals surface area (Å²) in [5.74, 6) is 0.566. The Morgan fingerprint density at radius 3 is 2.55 bits per heavy atom. The van der Waals surface area contributed by atoms with Crippen molar-refractivity contribution in [3.05, 3.63) is 35.1 Å². The van der Waals surface area contributed by atoms with Crippen LogP contribution in [-0.2, 0) is 13.0 Å². The highest BCUT2D eigenvalue weighted by atomic mass is 35.5. The maximum atomic E-state index is 14.0. The maximum absolute atomic E-state index is 14.0. The summed E-state index contributed by atoms with van der Waals surface area (Å²) >= 11 is 0. The van der Waals surface area contributed by atoms with Gasteiger partial charge in [-0.2, -0.15) is 0 Å². The predicted octanol–water partition coefficient (Wildman–Crippen LogP) is 3.37. The van der Waals surface area contributed by atoms with Crippen molar-refractivity contribution in [3.63, 3.8) is 0 Å². The molecule has 0 amide bonds. The maximum Gasteiger partial charge on any atom is 0.127 e. The highest BCUT2D eigenvalue weighted by Gasteiger charge is 2.22. The Morgan fingerprint density at radius 2 is 2.00 bits per heavy atom. The summed E-state index contributed by atoms with van der Waals surface area (Å²) in [6, 6.07) is 5.69. The molecule has 1 aromatic rings. The fourth-order valence-electron chi connectivity index (χ4n) is 2.97. The molecule has 2 N–H and O–H groups in total. The largest absolute Gasteiger partial charge is 0.328 e. The van der Waals surface area contributed by atoms with Gasteiger partial charge in [0, 0.05) is 18.2 Å². The van der Waals surface area contributed by atoms with E-state index in [4.69, 9.17) is 5.73 Å². The summed E-state index contributed by atoms with van der Waals surface area (Å²) in [6.07, 6.45) is 3.16. The van der Waals surface area contributed by atoms with Gasteiger partial charge in [0.05, 0.1) is 0 Å². The molecule has 1 saturated heterocycles. The molecule has 2 nitrogen and oxygen atoms in total. The lowest BCUT2D eigenvalue weighted by molar-refractivity contribution is 0.164. The van der Waals surface area contributed by atoms with Crippen molar-refractivity contribution < 1.29 is 4.39 Å². The van der Waals surface area contributed by atoms with E-state index in [9.17, 15) is 4.39 Å². The minimum Gasteiger partial charge on any atom is -0.328 e. The highest BCUT2D eigenvalue weighted by molar-refractivity contribution is 5.85. The van der Waals surface area contributed by atoms with Crippen molar-refractivity contribution in [2.24, 2.45) is 11.7 Å². The molecule has 0 radical (unpaired) electrons. The van der Waals surface area contributed by atoms with Gasteiger partial charge in [-0.05, 0) is 56.8 Å². The molecule has 114 valence electrons. The van der Waals surface area contributed by atoms with Crippen molar-refractivity contribution in [1.82, 2.24) is 4.90 Å². The molecule has 1 heterocycles. The molecule has 0 spiro atoms. The molecule has 1 aromatic carbocycles. The van der Waals surface area contributed by atoms with Crippen molar-refractivity contribution in [1.29, 1.82) is 0 Å². The number of nitrogens with zero attached hydrogens (tertiary/aromatic N) is 1. The van der Waals surface area contributed by atoms with Gasteiger partial charge < -0.3 is 5.73 Å². The number of aryl methyl sites for hydroxylation is 1. The number of rotatable bonds is 4. The lowest BCUT2D eigenvalue weighted by atomic mass is 9.90. The van der Waals surface area contributed by atoms with Crippen LogP contribution in [0.5, 0.6) is 0 Å². The van der Waals surface area contributed by atoms with E-state index >= 15 is 0 Å². The first-order chi connectivity index (χ1) is 9.11. The fourth-order valence-corrected chi connectivity index (χ4v) is 2.97. The van der Waals surface area contributed by atoms with Gasteiger partial charge in [-0.3, -0.25) is 4.90 Å². The molecule has 20 heavy (non-hydrogen) atoms. The first-order valence-electron chi connectivity index (χ1n) is 7.36. The standard InChI is InChI=1S/C16H25FN2.ClH/c1-3-13-5-4-6-16(17)15(13)11-19-9-7-14(8-10-19)12(2)18;/h4-6,12,14H,3,7-11,18H2,1-2H3;1H. The van der Waals surface area contributed by atoms with Crippen LogP contribution in [0, 0.1) is 11.7 Å². The van der Waals surface area contributed by atoms with Crippen LogP contribution in [0.2, 0.25) is 0 Å². The van der Waals surface area contributed by atoms with E-state index in [2.05, 4.69) is 18.7 Å². The monoisotopic (exact) mass is 300 g/mol. The predicted molar refractivity (Wildman–Crippen MR) is 84.7 cm³/mol. The smallest absolute Gasteiger partial charge is 0.127 e. The van der Waals surface area contributed by atoms with Crippen LogP contribution in [0.25, 0.3) is 0 Å². The summed E-state index contributed by atoms with van der Waals surface area (Å²) in [5, 5.41) is 0. The molecule has 0 aliphatic carbocycles. The third-order valence-corrected chi connectivity index (χ3v) is 4.35. The second-order valence-corrected chi connectivity index (χ2v) is 5.70. The highest BCUT2D eigenvalue weighted by Crippen LogP contribution is 2.23. The van der Waals surface area contributed by atoms with Crippen LogP contribution in [0.3, 0.4) is 0 Å². The number of nitrogens with two attached hydrogens (primary N) is 1. The van der Waals surface area contributed by atoms with E-state index in [-0.39, 0.29) is 24.3 Å². The summed E-state index contributed by atoms with van der Waals surface area (Å²) < 4.78 is 14.0. The Hall–Kier alpha value is -0.640. The van der Waals surface area contributed by atoms with Gasteiger partial charge in [-0.15, -0.1) is 12.4 Å². The molecule has 1 atom stereocenters. The normalized spacial score (nSPS) is 18.6. The van der Waals surface area contributed by atoms with E-state index in [1.165, 1.54) is 0 Å². The van der Waals surface area contributed by atoms with E-state index in [0.29, 0.717) is 5.92 Å². The number of halogens is 2. The van der Waals surface area contributed by atoms with E-state index in [1.54, 1.807) is 12.1 Å². The second-order valence-electron chi connectivity index (χ2n) is 5.70. The zero-order chi connectivity index (χ0) is 13.8. The molecular formula is C16H26ClFN2. The van der Waals surface area contributed by atoms with Crippen molar-refractivity contribution in [3.8, 4) is 0 Å². The number of likely N-dealkylation sites (tertiary alicyclic amines) is 1.